The van der Waals surface area contributed by atoms with Crippen molar-refractivity contribution in [3.05, 3.63) is 76.8 Å². The van der Waals surface area contributed by atoms with Crippen LogP contribution in [-0.2, 0) is 4.74 Å². The molecular formula is C23H17N3O7. The maximum Gasteiger partial charge on any atom is 0.411 e. The third-order valence-electron chi connectivity index (χ3n) is 4.48. The number of benzene rings is 1. The van der Waals surface area contributed by atoms with Gasteiger partial charge >= 0.3 is 12.1 Å². The standard InChI is InChI=1S/C23H17N3O7/c1-2-31-23(30)26-15-9-20(33-22(29)13-5-4-8-24-11-13)25-12-14(15)19-10-17(28)21-16(27)6-3-7-18(21)32-19/h3-12,27H,2H2,1H3,(H,25,26,30). The fourth-order valence-electron chi connectivity index (χ4n) is 3.03. The van der Waals surface area contributed by atoms with E-state index < -0.39 is 17.5 Å². The molecule has 4 rings (SSSR count). The number of anilines is 1. The molecule has 3 heterocycles. The van der Waals surface area contributed by atoms with E-state index in [1.165, 1.54) is 48.9 Å². The van der Waals surface area contributed by atoms with Crippen LogP contribution in [0.1, 0.15) is 17.3 Å². The van der Waals surface area contributed by atoms with Crippen LogP contribution < -0.4 is 15.5 Å². The summed E-state index contributed by atoms with van der Waals surface area (Å²) in [6, 6.07) is 10.0. The first kappa shape index (κ1) is 21.5. The van der Waals surface area contributed by atoms with Crippen LogP contribution in [0.5, 0.6) is 11.6 Å². The van der Waals surface area contributed by atoms with E-state index in [0.717, 1.165) is 6.07 Å². The van der Waals surface area contributed by atoms with Gasteiger partial charge in [0.2, 0.25) is 5.88 Å². The Labute approximate surface area is 186 Å². The molecule has 166 valence electrons. The molecule has 0 spiro atoms. The third kappa shape index (κ3) is 4.64. The van der Waals surface area contributed by atoms with E-state index in [4.69, 9.17) is 13.9 Å². The Morgan fingerprint density at radius 2 is 2.00 bits per heavy atom. The van der Waals surface area contributed by atoms with E-state index in [0.29, 0.717) is 0 Å². The van der Waals surface area contributed by atoms with Gasteiger partial charge in [0.15, 0.2) is 5.43 Å². The molecule has 0 saturated heterocycles. The molecule has 33 heavy (non-hydrogen) atoms. The van der Waals surface area contributed by atoms with Gasteiger partial charge in [-0.3, -0.25) is 15.1 Å². The first-order valence-electron chi connectivity index (χ1n) is 9.78. The highest BCUT2D eigenvalue weighted by atomic mass is 16.5. The average Bonchev–Trinajstić information content (AvgIpc) is 2.80. The lowest BCUT2D eigenvalue weighted by Gasteiger charge is -2.12. The van der Waals surface area contributed by atoms with Crippen molar-refractivity contribution in [1.82, 2.24) is 9.97 Å². The van der Waals surface area contributed by atoms with Crippen molar-refractivity contribution in [2.24, 2.45) is 0 Å². The quantitative estimate of drug-likeness (QED) is 0.438. The number of amides is 1. The molecule has 0 aliphatic carbocycles. The van der Waals surface area contributed by atoms with Gasteiger partial charge in [-0.25, -0.2) is 14.6 Å². The average molecular weight is 447 g/mol. The molecule has 0 saturated carbocycles. The van der Waals surface area contributed by atoms with Gasteiger partial charge in [-0.1, -0.05) is 6.07 Å². The summed E-state index contributed by atoms with van der Waals surface area (Å²) in [7, 11) is 0. The molecule has 0 aliphatic rings. The summed E-state index contributed by atoms with van der Waals surface area (Å²) < 4.78 is 16.0. The maximum absolute atomic E-state index is 12.6. The molecule has 10 heteroatoms. The lowest BCUT2D eigenvalue weighted by Crippen LogP contribution is -2.15. The van der Waals surface area contributed by atoms with Gasteiger partial charge < -0.3 is 19.0 Å². The van der Waals surface area contributed by atoms with Crippen LogP contribution in [0.3, 0.4) is 0 Å². The second kappa shape index (κ2) is 9.18. The number of hydrogen-bond acceptors (Lipinski definition) is 9. The Morgan fingerprint density at radius 1 is 1.15 bits per heavy atom. The van der Waals surface area contributed by atoms with E-state index in [1.54, 1.807) is 13.0 Å². The minimum absolute atomic E-state index is 0.0242. The Hall–Kier alpha value is -4.73. The van der Waals surface area contributed by atoms with E-state index in [9.17, 15) is 19.5 Å². The number of phenolic OH excluding ortho intramolecular Hbond substituents is 1. The van der Waals surface area contributed by atoms with Crippen LogP contribution in [-0.4, -0.2) is 33.7 Å². The van der Waals surface area contributed by atoms with E-state index >= 15 is 0 Å². The van der Waals surface area contributed by atoms with Gasteiger partial charge in [0.1, 0.15) is 22.5 Å². The Bertz CT molecular complexity index is 1400. The fourth-order valence-corrected chi connectivity index (χ4v) is 3.03. The van der Waals surface area contributed by atoms with E-state index in [-0.39, 0.29) is 51.8 Å². The summed E-state index contributed by atoms with van der Waals surface area (Å²) in [6.45, 7) is 1.77. The Kier molecular flexibility index (Phi) is 5.98. The Balaban J connectivity index is 1.76. The number of esters is 1. The van der Waals surface area contributed by atoms with E-state index in [2.05, 4.69) is 15.3 Å². The minimum Gasteiger partial charge on any atom is -0.507 e. The van der Waals surface area contributed by atoms with Crippen molar-refractivity contribution in [3.8, 4) is 23.0 Å². The number of pyridine rings is 2. The molecule has 0 aliphatic heterocycles. The van der Waals surface area contributed by atoms with Crippen molar-refractivity contribution in [2.45, 2.75) is 6.92 Å². The summed E-state index contributed by atoms with van der Waals surface area (Å²) in [5.41, 5.74) is 0.223. The maximum atomic E-state index is 12.6. The molecule has 0 bridgehead atoms. The number of phenols is 1. The van der Waals surface area contributed by atoms with Gasteiger partial charge in [-0.05, 0) is 31.2 Å². The SMILES string of the molecule is CCOC(=O)Nc1cc(OC(=O)c2cccnc2)ncc1-c1cc(=O)c2c(O)cccc2o1. The topological polar surface area (TPSA) is 141 Å². The van der Waals surface area contributed by atoms with Crippen LogP contribution in [0.2, 0.25) is 0 Å². The van der Waals surface area contributed by atoms with Gasteiger partial charge in [-0.2, -0.15) is 0 Å². The number of hydrogen-bond donors (Lipinski definition) is 2. The number of carbonyl (C=O) groups excluding carboxylic acids is 2. The molecule has 1 aromatic carbocycles. The smallest absolute Gasteiger partial charge is 0.411 e. The number of aromatic hydroxyl groups is 1. The van der Waals surface area contributed by atoms with Gasteiger partial charge in [0.25, 0.3) is 0 Å². The molecule has 1 amide bonds. The zero-order valence-corrected chi connectivity index (χ0v) is 17.3. The molecular weight excluding hydrogens is 430 g/mol. The van der Waals surface area contributed by atoms with Crippen LogP contribution in [0, 0.1) is 0 Å². The van der Waals surface area contributed by atoms with Crippen LogP contribution in [0.25, 0.3) is 22.3 Å². The second-order valence-electron chi connectivity index (χ2n) is 6.67. The predicted octanol–water partition coefficient (Wildman–Crippen LogP) is 3.74. The first-order valence-corrected chi connectivity index (χ1v) is 9.78. The highest BCUT2D eigenvalue weighted by molar-refractivity contribution is 5.93. The molecule has 2 N–H and O–H groups in total. The zero-order chi connectivity index (χ0) is 23.4. The fraction of sp³-hybridized carbons (Fsp3) is 0.0870. The molecule has 3 aromatic heterocycles. The van der Waals surface area contributed by atoms with Crippen molar-refractivity contribution in [1.29, 1.82) is 0 Å². The second-order valence-corrected chi connectivity index (χ2v) is 6.67. The van der Waals surface area contributed by atoms with Gasteiger partial charge in [-0.15, -0.1) is 0 Å². The van der Waals surface area contributed by atoms with E-state index in [1.807, 2.05) is 0 Å². The highest BCUT2D eigenvalue weighted by Crippen LogP contribution is 2.32. The normalized spacial score (nSPS) is 10.6. The third-order valence-corrected chi connectivity index (χ3v) is 4.48. The Morgan fingerprint density at radius 3 is 2.76 bits per heavy atom. The molecule has 0 unspecified atom stereocenters. The molecule has 0 fully saturated rings. The number of nitrogens with zero attached hydrogens (tertiary/aromatic N) is 2. The summed E-state index contributed by atoms with van der Waals surface area (Å²) in [4.78, 5) is 44.9. The van der Waals surface area contributed by atoms with Crippen molar-refractivity contribution in [2.75, 3.05) is 11.9 Å². The number of carbonyl (C=O) groups is 2. The zero-order valence-electron chi connectivity index (χ0n) is 17.3. The lowest BCUT2D eigenvalue weighted by atomic mass is 10.1. The van der Waals surface area contributed by atoms with Gasteiger partial charge in [0, 0.05) is 30.7 Å². The van der Waals surface area contributed by atoms with Crippen molar-refractivity contribution >= 4 is 28.7 Å². The number of ether oxygens (including phenoxy) is 2. The van der Waals surface area contributed by atoms with Crippen molar-refractivity contribution in [3.63, 3.8) is 0 Å². The molecule has 4 aromatic rings. The minimum atomic E-state index is -0.768. The van der Waals surface area contributed by atoms with Crippen molar-refractivity contribution < 1.29 is 28.6 Å². The van der Waals surface area contributed by atoms with Crippen LogP contribution in [0.15, 0.2) is 70.3 Å². The summed E-state index contributed by atoms with van der Waals surface area (Å²) in [5.74, 6) is -0.950. The number of fused-ring (bicyclic) bond motifs is 1. The monoisotopic (exact) mass is 447 g/mol. The highest BCUT2D eigenvalue weighted by Gasteiger charge is 2.18. The summed E-state index contributed by atoms with van der Waals surface area (Å²) in [5, 5.41) is 12.5. The summed E-state index contributed by atoms with van der Waals surface area (Å²) >= 11 is 0. The number of nitrogens with one attached hydrogen (secondary N) is 1. The van der Waals surface area contributed by atoms with Crippen LogP contribution >= 0.6 is 0 Å². The lowest BCUT2D eigenvalue weighted by molar-refractivity contribution is 0.0727. The molecule has 10 nitrogen and oxygen atoms in total. The number of aromatic nitrogens is 2. The largest absolute Gasteiger partial charge is 0.507 e. The molecule has 0 atom stereocenters. The predicted molar refractivity (Wildman–Crippen MR) is 117 cm³/mol. The summed E-state index contributed by atoms with van der Waals surface area (Å²) in [6.07, 6.45) is 3.37. The first-order chi connectivity index (χ1) is 16.0. The van der Waals surface area contributed by atoms with Crippen LogP contribution in [0.4, 0.5) is 10.5 Å². The number of rotatable bonds is 5. The molecule has 0 radical (unpaired) electrons. The van der Waals surface area contributed by atoms with Gasteiger partial charge in [0.05, 0.1) is 23.4 Å².